The fourth-order valence-corrected chi connectivity index (χ4v) is 2.38. The summed E-state index contributed by atoms with van der Waals surface area (Å²) in [4.78, 5) is 0. The third-order valence-corrected chi connectivity index (χ3v) is 3.38. The molecular formula is C13H18ClN. The Morgan fingerprint density at radius 3 is 2.73 bits per heavy atom. The molecule has 1 aliphatic rings. The molecule has 1 aliphatic heterocycles. The van der Waals surface area contributed by atoms with Gasteiger partial charge < -0.3 is 5.32 Å². The molecule has 15 heavy (non-hydrogen) atoms. The van der Waals surface area contributed by atoms with Gasteiger partial charge in [0, 0.05) is 5.02 Å². The molecule has 1 saturated heterocycles. The van der Waals surface area contributed by atoms with Crippen LogP contribution in [-0.4, -0.2) is 13.1 Å². The van der Waals surface area contributed by atoms with E-state index in [9.17, 15) is 0 Å². The monoisotopic (exact) mass is 223 g/mol. The van der Waals surface area contributed by atoms with E-state index in [1.807, 2.05) is 12.1 Å². The molecule has 2 rings (SSSR count). The molecule has 0 bridgehead atoms. The summed E-state index contributed by atoms with van der Waals surface area (Å²) >= 11 is 5.87. The fourth-order valence-electron chi connectivity index (χ4n) is 2.25. The van der Waals surface area contributed by atoms with Crippen LogP contribution in [0.25, 0.3) is 0 Å². The van der Waals surface area contributed by atoms with Crippen molar-refractivity contribution in [2.75, 3.05) is 13.1 Å². The number of halogens is 1. The Bertz CT molecular complexity index is 286. The van der Waals surface area contributed by atoms with Gasteiger partial charge in [-0.15, -0.1) is 0 Å². The second kappa shape index (κ2) is 5.53. The Morgan fingerprint density at radius 1 is 1.13 bits per heavy atom. The number of benzene rings is 1. The van der Waals surface area contributed by atoms with Gasteiger partial charge in [-0.1, -0.05) is 23.7 Å². The van der Waals surface area contributed by atoms with Crippen LogP contribution in [0.1, 0.15) is 24.8 Å². The Hall–Kier alpha value is -0.530. The molecule has 2 heteroatoms. The zero-order valence-corrected chi connectivity index (χ0v) is 9.76. The number of hydrogen-bond donors (Lipinski definition) is 1. The van der Waals surface area contributed by atoms with Crippen molar-refractivity contribution in [2.45, 2.75) is 25.7 Å². The lowest BCUT2D eigenvalue weighted by Crippen LogP contribution is -2.14. The van der Waals surface area contributed by atoms with Crippen molar-refractivity contribution in [2.24, 2.45) is 5.92 Å². The average Bonchev–Trinajstić information content (AvgIpc) is 2.50. The molecule has 82 valence electrons. The summed E-state index contributed by atoms with van der Waals surface area (Å²) in [7, 11) is 0. The lowest BCUT2D eigenvalue weighted by molar-refractivity contribution is 0.470. The van der Waals surface area contributed by atoms with Gasteiger partial charge in [-0.05, 0) is 62.4 Å². The van der Waals surface area contributed by atoms with Crippen molar-refractivity contribution in [1.29, 1.82) is 0 Å². The van der Waals surface area contributed by atoms with Crippen molar-refractivity contribution >= 4 is 11.6 Å². The topological polar surface area (TPSA) is 12.0 Å². The molecule has 0 radical (unpaired) electrons. The van der Waals surface area contributed by atoms with Gasteiger partial charge in [-0.2, -0.15) is 0 Å². The Labute approximate surface area is 96.8 Å². The number of hydrogen-bond acceptors (Lipinski definition) is 1. The van der Waals surface area contributed by atoms with Crippen LogP contribution in [0.4, 0.5) is 0 Å². The van der Waals surface area contributed by atoms with E-state index in [1.54, 1.807) is 0 Å². The third kappa shape index (κ3) is 3.51. The van der Waals surface area contributed by atoms with E-state index in [2.05, 4.69) is 17.4 Å². The van der Waals surface area contributed by atoms with Crippen LogP contribution in [-0.2, 0) is 6.42 Å². The predicted octanol–water partition coefficient (Wildman–Crippen LogP) is 3.27. The van der Waals surface area contributed by atoms with Crippen LogP contribution >= 0.6 is 11.6 Å². The molecule has 0 spiro atoms. The van der Waals surface area contributed by atoms with Gasteiger partial charge in [-0.3, -0.25) is 0 Å². The van der Waals surface area contributed by atoms with Gasteiger partial charge in [0.2, 0.25) is 0 Å². The first kappa shape index (κ1) is 11.0. The van der Waals surface area contributed by atoms with Crippen molar-refractivity contribution in [3.8, 4) is 0 Å². The highest BCUT2D eigenvalue weighted by molar-refractivity contribution is 6.30. The summed E-state index contributed by atoms with van der Waals surface area (Å²) in [5.74, 6) is 0.848. The second-order valence-corrected chi connectivity index (χ2v) is 4.81. The summed E-state index contributed by atoms with van der Waals surface area (Å²) in [5, 5.41) is 4.29. The minimum absolute atomic E-state index is 0.835. The highest BCUT2D eigenvalue weighted by atomic mass is 35.5. The Balaban J connectivity index is 1.92. The lowest BCUT2D eigenvalue weighted by atomic mass is 9.93. The van der Waals surface area contributed by atoms with E-state index in [4.69, 9.17) is 11.6 Å². The van der Waals surface area contributed by atoms with Crippen molar-refractivity contribution in [3.05, 3.63) is 34.9 Å². The largest absolute Gasteiger partial charge is 0.317 e. The molecular weight excluding hydrogens is 206 g/mol. The Morgan fingerprint density at radius 2 is 1.93 bits per heavy atom. The standard InChI is InChI=1S/C13H18ClN/c14-13-5-3-12(4-6-13)10-11-2-1-8-15-9-7-11/h3-6,11,15H,1-2,7-10H2. The highest BCUT2D eigenvalue weighted by Crippen LogP contribution is 2.20. The molecule has 0 saturated carbocycles. The summed E-state index contributed by atoms with van der Waals surface area (Å²) in [6.45, 7) is 2.37. The maximum Gasteiger partial charge on any atom is 0.0406 e. The molecule has 1 heterocycles. The summed E-state index contributed by atoms with van der Waals surface area (Å²) in [5.41, 5.74) is 1.42. The maximum absolute atomic E-state index is 5.87. The van der Waals surface area contributed by atoms with Gasteiger partial charge in [0.05, 0.1) is 0 Å². The first-order valence-electron chi connectivity index (χ1n) is 5.80. The first-order valence-corrected chi connectivity index (χ1v) is 6.17. The van der Waals surface area contributed by atoms with Crippen molar-refractivity contribution in [3.63, 3.8) is 0 Å². The van der Waals surface area contributed by atoms with E-state index >= 15 is 0 Å². The fraction of sp³-hybridized carbons (Fsp3) is 0.538. The van der Waals surface area contributed by atoms with Gasteiger partial charge in [-0.25, -0.2) is 0 Å². The Kier molecular flexibility index (Phi) is 4.04. The number of rotatable bonds is 2. The van der Waals surface area contributed by atoms with E-state index in [-0.39, 0.29) is 0 Å². The van der Waals surface area contributed by atoms with Crippen LogP contribution in [0.2, 0.25) is 5.02 Å². The van der Waals surface area contributed by atoms with E-state index in [1.165, 1.54) is 44.3 Å². The highest BCUT2D eigenvalue weighted by Gasteiger charge is 2.12. The van der Waals surface area contributed by atoms with Crippen molar-refractivity contribution < 1.29 is 0 Å². The zero-order chi connectivity index (χ0) is 10.5. The van der Waals surface area contributed by atoms with E-state index in [0.717, 1.165) is 10.9 Å². The molecule has 1 nitrogen and oxygen atoms in total. The average molecular weight is 224 g/mol. The molecule has 0 amide bonds. The van der Waals surface area contributed by atoms with Crippen molar-refractivity contribution in [1.82, 2.24) is 5.32 Å². The van der Waals surface area contributed by atoms with Gasteiger partial charge in [0.25, 0.3) is 0 Å². The molecule has 0 aliphatic carbocycles. The van der Waals surface area contributed by atoms with Crippen LogP contribution in [0.15, 0.2) is 24.3 Å². The molecule has 1 aromatic rings. The minimum atomic E-state index is 0.835. The normalized spacial score (nSPS) is 22.3. The zero-order valence-electron chi connectivity index (χ0n) is 9.01. The van der Waals surface area contributed by atoms with Crippen LogP contribution in [0, 0.1) is 5.92 Å². The molecule has 1 N–H and O–H groups in total. The van der Waals surface area contributed by atoms with Crippen LogP contribution < -0.4 is 5.32 Å². The maximum atomic E-state index is 5.87. The molecule has 1 unspecified atom stereocenters. The SMILES string of the molecule is Clc1ccc(CC2CCCNCC2)cc1. The van der Waals surface area contributed by atoms with Crippen LogP contribution in [0.3, 0.4) is 0 Å². The minimum Gasteiger partial charge on any atom is -0.317 e. The summed E-state index contributed by atoms with van der Waals surface area (Å²) in [6, 6.07) is 8.29. The molecule has 1 atom stereocenters. The molecule has 1 fully saturated rings. The summed E-state index contributed by atoms with van der Waals surface area (Å²) < 4.78 is 0. The lowest BCUT2D eigenvalue weighted by Gasteiger charge is -2.13. The molecule has 0 aromatic heterocycles. The van der Waals surface area contributed by atoms with Gasteiger partial charge in [0.15, 0.2) is 0 Å². The molecule has 1 aromatic carbocycles. The smallest absolute Gasteiger partial charge is 0.0406 e. The first-order chi connectivity index (χ1) is 7.34. The summed E-state index contributed by atoms with van der Waals surface area (Å²) in [6.07, 6.45) is 5.19. The second-order valence-electron chi connectivity index (χ2n) is 4.38. The quantitative estimate of drug-likeness (QED) is 0.812. The van der Waals surface area contributed by atoms with Gasteiger partial charge in [0.1, 0.15) is 0 Å². The van der Waals surface area contributed by atoms with Gasteiger partial charge >= 0.3 is 0 Å². The van der Waals surface area contributed by atoms with E-state index < -0.39 is 0 Å². The predicted molar refractivity (Wildman–Crippen MR) is 65.4 cm³/mol. The third-order valence-electron chi connectivity index (χ3n) is 3.13. The van der Waals surface area contributed by atoms with Crippen LogP contribution in [0.5, 0.6) is 0 Å². The van der Waals surface area contributed by atoms with E-state index in [0.29, 0.717) is 0 Å². The number of nitrogens with one attached hydrogen (secondary N) is 1.